The molecule has 2 rings (SSSR count). The molecule has 1 aliphatic heterocycles. The first-order valence-corrected chi connectivity index (χ1v) is 9.95. The van der Waals surface area contributed by atoms with E-state index in [2.05, 4.69) is 4.72 Å². The zero-order valence-electron chi connectivity index (χ0n) is 10.9. The first-order chi connectivity index (χ1) is 9.71. The molecule has 0 saturated carbocycles. The zero-order chi connectivity index (χ0) is 15.7. The van der Waals surface area contributed by atoms with Gasteiger partial charge in [0, 0.05) is 0 Å². The van der Waals surface area contributed by atoms with Crippen molar-refractivity contribution in [2.45, 2.75) is 17.2 Å². The minimum absolute atomic E-state index is 0.224. The number of nitriles is 1. The quantitative estimate of drug-likeness (QED) is 0.792. The topological polar surface area (TPSA) is 104 Å². The summed E-state index contributed by atoms with van der Waals surface area (Å²) in [6.07, 6.45) is 0. The molecule has 0 radical (unpaired) electrons. The highest BCUT2D eigenvalue weighted by Gasteiger charge is 2.38. The summed E-state index contributed by atoms with van der Waals surface area (Å²) >= 11 is 5.87. The van der Waals surface area contributed by atoms with Gasteiger partial charge in [-0.05, 0) is 17.7 Å². The largest absolute Gasteiger partial charge is 0.229 e. The number of rotatable bonds is 4. The Bertz CT molecular complexity index is 766. The van der Waals surface area contributed by atoms with Gasteiger partial charge in [-0.15, -0.1) is 11.6 Å². The smallest absolute Gasteiger partial charge is 0.216 e. The second kappa shape index (κ2) is 5.93. The van der Waals surface area contributed by atoms with Gasteiger partial charge in [-0.25, -0.2) is 21.6 Å². The summed E-state index contributed by atoms with van der Waals surface area (Å²) in [5, 5.41) is 7.92. The van der Waals surface area contributed by atoms with E-state index >= 15 is 0 Å². The SMILES string of the molecule is N#Cc1ccc(CS(=O)(=O)NC2CS(=O)(=O)CC2Cl)cc1. The number of nitrogens with zero attached hydrogens (tertiary/aromatic N) is 1. The average molecular weight is 349 g/mol. The number of hydrogen-bond acceptors (Lipinski definition) is 5. The van der Waals surface area contributed by atoms with Crippen LogP contribution < -0.4 is 4.72 Å². The number of sulfone groups is 1. The Morgan fingerprint density at radius 2 is 1.90 bits per heavy atom. The molecule has 2 unspecified atom stereocenters. The normalized spacial score (nSPS) is 24.6. The molecule has 0 amide bonds. The monoisotopic (exact) mass is 348 g/mol. The molecule has 1 aromatic rings. The molecule has 1 saturated heterocycles. The van der Waals surface area contributed by atoms with Crippen LogP contribution in [0.4, 0.5) is 0 Å². The van der Waals surface area contributed by atoms with Crippen molar-refractivity contribution in [2.24, 2.45) is 0 Å². The van der Waals surface area contributed by atoms with E-state index < -0.39 is 31.3 Å². The van der Waals surface area contributed by atoms with Gasteiger partial charge in [0.05, 0.1) is 40.3 Å². The Labute approximate surface area is 128 Å². The fourth-order valence-corrected chi connectivity index (χ4v) is 6.23. The predicted octanol–water partition coefficient (Wildman–Crippen LogP) is 0.382. The molecule has 1 N–H and O–H groups in total. The number of halogens is 1. The summed E-state index contributed by atoms with van der Waals surface area (Å²) in [5.74, 6) is -0.800. The van der Waals surface area contributed by atoms with Gasteiger partial charge in [-0.3, -0.25) is 0 Å². The highest BCUT2D eigenvalue weighted by Crippen LogP contribution is 2.19. The van der Waals surface area contributed by atoms with Crippen LogP contribution >= 0.6 is 11.6 Å². The van der Waals surface area contributed by atoms with Crippen molar-refractivity contribution in [2.75, 3.05) is 11.5 Å². The van der Waals surface area contributed by atoms with E-state index in [1.807, 2.05) is 6.07 Å². The number of nitrogens with one attached hydrogen (secondary N) is 1. The second-order valence-electron chi connectivity index (χ2n) is 4.89. The minimum Gasteiger partial charge on any atom is -0.229 e. The van der Waals surface area contributed by atoms with Crippen molar-refractivity contribution in [1.82, 2.24) is 4.72 Å². The van der Waals surface area contributed by atoms with Gasteiger partial charge in [0.2, 0.25) is 10.0 Å². The summed E-state index contributed by atoms with van der Waals surface area (Å²) < 4.78 is 49.2. The van der Waals surface area contributed by atoms with E-state index in [1.165, 1.54) is 12.1 Å². The van der Waals surface area contributed by atoms with Crippen LogP contribution in [0, 0.1) is 11.3 Å². The Hall–Kier alpha value is -1.14. The Balaban J connectivity index is 2.07. The van der Waals surface area contributed by atoms with Crippen LogP contribution in [0.3, 0.4) is 0 Å². The third kappa shape index (κ3) is 4.41. The van der Waals surface area contributed by atoms with Crippen molar-refractivity contribution < 1.29 is 16.8 Å². The van der Waals surface area contributed by atoms with Crippen LogP contribution in [0.15, 0.2) is 24.3 Å². The van der Waals surface area contributed by atoms with Crippen molar-refractivity contribution in [1.29, 1.82) is 5.26 Å². The molecule has 114 valence electrons. The highest BCUT2D eigenvalue weighted by atomic mass is 35.5. The van der Waals surface area contributed by atoms with Gasteiger partial charge >= 0.3 is 0 Å². The van der Waals surface area contributed by atoms with Crippen molar-refractivity contribution in [3.63, 3.8) is 0 Å². The summed E-state index contributed by atoms with van der Waals surface area (Å²) in [4.78, 5) is 0. The van der Waals surface area contributed by atoms with Gasteiger partial charge in [-0.2, -0.15) is 5.26 Å². The van der Waals surface area contributed by atoms with Crippen molar-refractivity contribution in [3.8, 4) is 6.07 Å². The predicted molar refractivity (Wildman–Crippen MR) is 79.0 cm³/mol. The van der Waals surface area contributed by atoms with E-state index in [0.717, 1.165) is 0 Å². The molecule has 21 heavy (non-hydrogen) atoms. The summed E-state index contributed by atoms with van der Waals surface area (Å²) in [5.41, 5.74) is 0.945. The second-order valence-corrected chi connectivity index (χ2v) is 9.35. The summed E-state index contributed by atoms with van der Waals surface area (Å²) in [6.45, 7) is 0. The van der Waals surface area contributed by atoms with E-state index in [4.69, 9.17) is 16.9 Å². The van der Waals surface area contributed by atoms with Crippen LogP contribution in [-0.2, 0) is 25.6 Å². The Kier molecular flexibility index (Phi) is 4.58. The van der Waals surface area contributed by atoms with Crippen LogP contribution in [0.2, 0.25) is 0 Å². The molecule has 9 heteroatoms. The summed E-state index contributed by atoms with van der Waals surface area (Å²) in [7, 11) is -7.00. The maximum absolute atomic E-state index is 12.0. The Morgan fingerprint density at radius 1 is 1.29 bits per heavy atom. The molecule has 1 heterocycles. The van der Waals surface area contributed by atoms with Crippen molar-refractivity contribution in [3.05, 3.63) is 35.4 Å². The van der Waals surface area contributed by atoms with E-state index in [1.54, 1.807) is 12.1 Å². The molecular weight excluding hydrogens is 336 g/mol. The van der Waals surface area contributed by atoms with E-state index in [0.29, 0.717) is 11.1 Å². The lowest BCUT2D eigenvalue weighted by molar-refractivity contribution is 0.562. The van der Waals surface area contributed by atoms with Gasteiger partial charge in [0.25, 0.3) is 0 Å². The third-order valence-corrected chi connectivity index (χ3v) is 6.80. The molecular formula is C12H13ClN2O4S2. The van der Waals surface area contributed by atoms with Gasteiger partial charge in [0.15, 0.2) is 9.84 Å². The molecule has 0 spiro atoms. The molecule has 2 atom stereocenters. The molecule has 6 nitrogen and oxygen atoms in total. The van der Waals surface area contributed by atoms with Crippen molar-refractivity contribution >= 4 is 31.5 Å². The maximum Gasteiger partial charge on any atom is 0.216 e. The molecule has 1 aromatic carbocycles. The molecule has 1 aliphatic rings. The molecule has 0 aliphatic carbocycles. The lowest BCUT2D eigenvalue weighted by atomic mass is 10.2. The zero-order valence-corrected chi connectivity index (χ0v) is 13.2. The van der Waals surface area contributed by atoms with Crippen LogP contribution in [0.25, 0.3) is 0 Å². The number of alkyl halides is 1. The first kappa shape index (κ1) is 16.2. The van der Waals surface area contributed by atoms with Crippen LogP contribution in [0.5, 0.6) is 0 Å². The summed E-state index contributed by atoms with van der Waals surface area (Å²) in [6, 6.07) is 7.27. The number of sulfonamides is 1. The highest BCUT2D eigenvalue weighted by molar-refractivity contribution is 7.92. The molecule has 0 aromatic heterocycles. The first-order valence-electron chi connectivity index (χ1n) is 6.04. The Morgan fingerprint density at radius 3 is 2.38 bits per heavy atom. The van der Waals surface area contributed by atoms with Gasteiger partial charge < -0.3 is 0 Å². The minimum atomic E-state index is -3.70. The van der Waals surface area contributed by atoms with E-state index in [-0.39, 0.29) is 17.3 Å². The standard InChI is InChI=1S/C12H13ClN2O4S2/c13-11-7-20(16,17)8-12(11)15-21(18,19)6-10-3-1-9(5-14)2-4-10/h1-4,11-12,15H,6-8H2. The molecule has 0 bridgehead atoms. The van der Waals surface area contributed by atoms with Gasteiger partial charge in [-0.1, -0.05) is 12.1 Å². The van der Waals surface area contributed by atoms with Crippen LogP contribution in [0.1, 0.15) is 11.1 Å². The number of benzene rings is 1. The fourth-order valence-electron chi connectivity index (χ4n) is 2.08. The third-order valence-electron chi connectivity index (χ3n) is 3.05. The lowest BCUT2D eigenvalue weighted by Crippen LogP contribution is -2.41. The maximum atomic E-state index is 12.0. The van der Waals surface area contributed by atoms with Gasteiger partial charge in [0.1, 0.15) is 0 Å². The van der Waals surface area contributed by atoms with E-state index in [9.17, 15) is 16.8 Å². The average Bonchev–Trinajstić information content (AvgIpc) is 2.61. The molecule has 1 fully saturated rings. The van der Waals surface area contributed by atoms with Crippen LogP contribution in [-0.4, -0.2) is 39.8 Å². The lowest BCUT2D eigenvalue weighted by Gasteiger charge is -2.14. The fraction of sp³-hybridized carbons (Fsp3) is 0.417. The number of hydrogen-bond donors (Lipinski definition) is 1.